The molecular formula is C11H23NO2S2. The van der Waals surface area contributed by atoms with Gasteiger partial charge >= 0.3 is 0 Å². The van der Waals surface area contributed by atoms with Crippen LogP contribution in [0.25, 0.3) is 0 Å². The summed E-state index contributed by atoms with van der Waals surface area (Å²) in [6.45, 7) is 3.13. The quantitative estimate of drug-likeness (QED) is 0.791. The summed E-state index contributed by atoms with van der Waals surface area (Å²) in [5, 5.41) is 3.27. The monoisotopic (exact) mass is 265 g/mol. The Labute approximate surface area is 104 Å². The second-order valence-electron chi connectivity index (χ2n) is 4.87. The number of sulfone groups is 1. The van der Waals surface area contributed by atoms with Crippen LogP contribution in [0.3, 0.4) is 0 Å². The highest BCUT2D eigenvalue weighted by Crippen LogP contribution is 2.25. The summed E-state index contributed by atoms with van der Waals surface area (Å²) < 4.78 is 23.1. The highest BCUT2D eigenvalue weighted by molar-refractivity contribution is 7.98. The summed E-state index contributed by atoms with van der Waals surface area (Å²) in [5.74, 6) is 1.74. The van der Waals surface area contributed by atoms with Crippen LogP contribution in [-0.4, -0.2) is 44.5 Å². The van der Waals surface area contributed by atoms with E-state index in [0.717, 1.165) is 31.6 Å². The van der Waals surface area contributed by atoms with Crippen LogP contribution in [0.1, 0.15) is 26.2 Å². The molecule has 16 heavy (non-hydrogen) atoms. The third-order valence-electron chi connectivity index (χ3n) is 3.18. The molecule has 1 aliphatic carbocycles. The Morgan fingerprint density at radius 3 is 2.69 bits per heavy atom. The van der Waals surface area contributed by atoms with Crippen molar-refractivity contribution in [1.29, 1.82) is 0 Å². The lowest BCUT2D eigenvalue weighted by atomic mass is 10.2. The molecule has 0 aromatic heterocycles. The predicted octanol–water partition coefficient (Wildman–Crippen LogP) is 1.54. The van der Waals surface area contributed by atoms with E-state index in [9.17, 15) is 8.42 Å². The minimum atomic E-state index is -2.88. The maximum absolute atomic E-state index is 11.6. The highest BCUT2D eigenvalue weighted by atomic mass is 32.2. The molecule has 1 saturated carbocycles. The van der Waals surface area contributed by atoms with E-state index in [2.05, 4.69) is 18.5 Å². The second kappa shape index (κ2) is 6.26. The van der Waals surface area contributed by atoms with Crippen molar-refractivity contribution < 1.29 is 8.42 Å². The van der Waals surface area contributed by atoms with Crippen molar-refractivity contribution in [3.63, 3.8) is 0 Å². The fourth-order valence-electron chi connectivity index (χ4n) is 2.37. The molecule has 1 fully saturated rings. The molecule has 0 amide bonds. The number of thioether (sulfide) groups is 1. The van der Waals surface area contributed by atoms with Crippen molar-refractivity contribution in [2.24, 2.45) is 5.92 Å². The van der Waals surface area contributed by atoms with Crippen molar-refractivity contribution >= 4 is 21.6 Å². The Bertz CT molecular complexity index is 303. The first-order valence-electron chi connectivity index (χ1n) is 5.86. The maximum atomic E-state index is 11.6. The van der Waals surface area contributed by atoms with Crippen molar-refractivity contribution in [1.82, 2.24) is 5.32 Å². The molecule has 0 aliphatic heterocycles. The molecule has 0 spiro atoms. The summed E-state index contributed by atoms with van der Waals surface area (Å²) in [5.41, 5.74) is 0. The van der Waals surface area contributed by atoms with E-state index < -0.39 is 9.84 Å². The average Bonchev–Trinajstić information content (AvgIpc) is 2.62. The Hall–Kier alpha value is 0.260. The smallest absolute Gasteiger partial charge is 0.151 e. The van der Waals surface area contributed by atoms with Crippen molar-refractivity contribution in [2.45, 2.75) is 37.5 Å². The van der Waals surface area contributed by atoms with Crippen LogP contribution in [0.5, 0.6) is 0 Å². The van der Waals surface area contributed by atoms with Gasteiger partial charge in [0.1, 0.15) is 0 Å². The largest absolute Gasteiger partial charge is 0.312 e. The Morgan fingerprint density at radius 1 is 1.44 bits per heavy atom. The van der Waals surface area contributed by atoms with Gasteiger partial charge in [-0.05, 0) is 37.3 Å². The SMILES string of the molecule is CSCC(C)CNC1CCCC1S(C)(=O)=O. The van der Waals surface area contributed by atoms with E-state index in [0.29, 0.717) is 5.92 Å². The maximum Gasteiger partial charge on any atom is 0.151 e. The van der Waals surface area contributed by atoms with Crippen LogP contribution in [0.4, 0.5) is 0 Å². The van der Waals surface area contributed by atoms with E-state index in [1.165, 1.54) is 6.26 Å². The molecule has 1 aliphatic rings. The zero-order valence-corrected chi connectivity index (χ0v) is 12.0. The first kappa shape index (κ1) is 14.3. The minimum absolute atomic E-state index is 0.158. The molecule has 96 valence electrons. The molecule has 0 heterocycles. The highest BCUT2D eigenvalue weighted by Gasteiger charge is 2.34. The lowest BCUT2D eigenvalue weighted by Crippen LogP contribution is -2.42. The van der Waals surface area contributed by atoms with E-state index in [1.807, 2.05) is 11.8 Å². The summed E-state index contributed by atoms with van der Waals surface area (Å²) in [4.78, 5) is 0. The van der Waals surface area contributed by atoms with Gasteiger partial charge < -0.3 is 5.32 Å². The third kappa shape index (κ3) is 4.26. The van der Waals surface area contributed by atoms with Gasteiger partial charge in [0.05, 0.1) is 5.25 Å². The van der Waals surface area contributed by atoms with Crippen LogP contribution in [-0.2, 0) is 9.84 Å². The predicted molar refractivity (Wildman–Crippen MR) is 71.8 cm³/mol. The first-order chi connectivity index (χ1) is 7.45. The van der Waals surface area contributed by atoms with Gasteiger partial charge in [-0.15, -0.1) is 0 Å². The number of hydrogen-bond acceptors (Lipinski definition) is 4. The molecule has 0 saturated heterocycles. The fraction of sp³-hybridized carbons (Fsp3) is 1.00. The molecule has 3 unspecified atom stereocenters. The van der Waals surface area contributed by atoms with Gasteiger partial charge in [-0.3, -0.25) is 0 Å². The summed E-state index contributed by atoms with van der Waals surface area (Å²) in [7, 11) is -2.88. The van der Waals surface area contributed by atoms with Gasteiger partial charge in [-0.1, -0.05) is 13.3 Å². The van der Waals surface area contributed by atoms with Gasteiger partial charge in [-0.2, -0.15) is 11.8 Å². The van der Waals surface area contributed by atoms with E-state index in [-0.39, 0.29) is 11.3 Å². The lowest BCUT2D eigenvalue weighted by Gasteiger charge is -2.21. The van der Waals surface area contributed by atoms with Crippen LogP contribution in [0, 0.1) is 5.92 Å². The third-order valence-corrected chi connectivity index (χ3v) is 5.75. The second-order valence-corrected chi connectivity index (χ2v) is 8.05. The molecule has 1 rings (SSSR count). The normalized spacial score (nSPS) is 28.2. The lowest BCUT2D eigenvalue weighted by molar-refractivity contribution is 0.466. The summed E-state index contributed by atoms with van der Waals surface area (Å²) in [6, 6.07) is 0.180. The van der Waals surface area contributed by atoms with Crippen LogP contribution in [0.15, 0.2) is 0 Å². The van der Waals surface area contributed by atoms with E-state index in [1.54, 1.807) is 0 Å². The number of rotatable bonds is 6. The molecule has 1 N–H and O–H groups in total. The molecule has 0 bridgehead atoms. The van der Waals surface area contributed by atoms with E-state index >= 15 is 0 Å². The van der Waals surface area contributed by atoms with Crippen LogP contribution >= 0.6 is 11.8 Å². The summed E-state index contributed by atoms with van der Waals surface area (Å²) in [6.07, 6.45) is 6.33. The Kier molecular flexibility index (Phi) is 5.61. The molecular weight excluding hydrogens is 242 g/mol. The minimum Gasteiger partial charge on any atom is -0.312 e. The molecule has 3 nitrogen and oxygen atoms in total. The topological polar surface area (TPSA) is 46.2 Å². The van der Waals surface area contributed by atoms with E-state index in [4.69, 9.17) is 0 Å². The fourth-order valence-corrected chi connectivity index (χ4v) is 4.48. The van der Waals surface area contributed by atoms with Crippen molar-refractivity contribution in [2.75, 3.05) is 24.8 Å². The van der Waals surface area contributed by atoms with Gasteiger partial charge in [-0.25, -0.2) is 8.42 Å². The molecule has 5 heteroatoms. The molecule has 0 aromatic rings. The van der Waals surface area contributed by atoms with Gasteiger partial charge in [0, 0.05) is 12.3 Å². The van der Waals surface area contributed by atoms with Crippen molar-refractivity contribution in [3.05, 3.63) is 0 Å². The van der Waals surface area contributed by atoms with Crippen LogP contribution in [0.2, 0.25) is 0 Å². The Balaban J connectivity index is 2.42. The zero-order valence-electron chi connectivity index (χ0n) is 10.4. The number of hydrogen-bond donors (Lipinski definition) is 1. The molecule has 0 radical (unpaired) electrons. The molecule has 0 aromatic carbocycles. The Morgan fingerprint density at radius 2 is 2.12 bits per heavy atom. The average molecular weight is 265 g/mol. The van der Waals surface area contributed by atoms with Crippen molar-refractivity contribution in [3.8, 4) is 0 Å². The standard InChI is InChI=1S/C11H23NO2S2/c1-9(8-15-2)7-12-10-5-4-6-11(10)16(3,13)14/h9-12H,4-8H2,1-3H3. The van der Waals surface area contributed by atoms with Gasteiger partial charge in [0.2, 0.25) is 0 Å². The molecule has 3 atom stereocenters. The number of nitrogens with one attached hydrogen (secondary N) is 1. The first-order valence-corrected chi connectivity index (χ1v) is 9.21. The van der Waals surface area contributed by atoms with Gasteiger partial charge in [0.25, 0.3) is 0 Å². The summed E-state index contributed by atoms with van der Waals surface area (Å²) >= 11 is 1.84. The van der Waals surface area contributed by atoms with Crippen LogP contribution < -0.4 is 5.32 Å². The zero-order chi connectivity index (χ0) is 12.2. The van der Waals surface area contributed by atoms with Gasteiger partial charge in [0.15, 0.2) is 9.84 Å².